The molecule has 1 aliphatic heterocycles. The second-order valence-corrected chi connectivity index (χ2v) is 7.04. The van der Waals surface area contributed by atoms with E-state index >= 15 is 0 Å². The van der Waals surface area contributed by atoms with Crippen LogP contribution in [0.4, 0.5) is 0 Å². The Hall–Kier alpha value is -1.58. The molecule has 0 aromatic heterocycles. The quantitative estimate of drug-likeness (QED) is 0.140. The summed E-state index contributed by atoms with van der Waals surface area (Å²) in [4.78, 5) is 33.2. The standard InChI is InChI=1S/C22H15O3.C4H5O.2Y/c1-13-7-9-18-20(11-13)25-21-12-15(24)8-10-19(21)22(18)17-6-4-3-5-16(17)14(2)23;1-4(2)3-5;;/h4-12H,1-2H3;1H2,2H3;;/q2*-1;;. The first-order valence-corrected chi connectivity index (χ1v) is 9.34. The summed E-state index contributed by atoms with van der Waals surface area (Å²) in [6, 6.07) is 19.1. The van der Waals surface area contributed by atoms with Gasteiger partial charge in [-0.1, -0.05) is 24.6 Å². The molecule has 0 N–H and O–H groups in total. The second-order valence-electron chi connectivity index (χ2n) is 7.04. The average Bonchev–Trinajstić information content (AvgIpc) is 2.72. The molecule has 4 nitrogen and oxygen atoms in total. The van der Waals surface area contributed by atoms with Crippen LogP contribution in [0.1, 0.15) is 29.8 Å². The average molecular weight is 574 g/mol. The largest absolute Gasteiger partial charge is 0.456 e. The summed E-state index contributed by atoms with van der Waals surface area (Å²) < 4.78 is 5.98. The first-order chi connectivity index (χ1) is 14.3. The monoisotopic (exact) mass is 574 g/mol. The molecule has 2 aromatic carbocycles. The van der Waals surface area contributed by atoms with Crippen molar-refractivity contribution in [1.82, 2.24) is 0 Å². The van der Waals surface area contributed by atoms with E-state index in [2.05, 4.69) is 12.6 Å². The number of rotatable bonds is 3. The van der Waals surface area contributed by atoms with Crippen LogP contribution in [0.15, 0.2) is 76.0 Å². The van der Waals surface area contributed by atoms with Gasteiger partial charge in [0, 0.05) is 82.4 Å². The summed E-state index contributed by atoms with van der Waals surface area (Å²) in [5.74, 6) is 0.490. The van der Waals surface area contributed by atoms with Crippen LogP contribution in [0.25, 0.3) is 33.4 Å². The molecule has 0 saturated carbocycles. The molecule has 2 aromatic rings. The third-order valence-corrected chi connectivity index (χ3v) is 4.54. The molecular weight excluding hydrogens is 554 g/mol. The number of benzene rings is 3. The number of allylic oxidation sites excluding steroid dienone is 1. The van der Waals surface area contributed by atoms with Gasteiger partial charge in [0.15, 0.2) is 5.43 Å². The van der Waals surface area contributed by atoms with Crippen molar-refractivity contribution in [1.29, 1.82) is 0 Å². The predicted molar refractivity (Wildman–Crippen MR) is 119 cm³/mol. The van der Waals surface area contributed by atoms with Crippen LogP contribution in [-0.4, -0.2) is 12.1 Å². The van der Waals surface area contributed by atoms with Crippen LogP contribution < -0.4 is 5.43 Å². The van der Waals surface area contributed by atoms with Crippen LogP contribution in [0.3, 0.4) is 0 Å². The minimum Gasteiger partial charge on any atom is -0.456 e. The first-order valence-electron chi connectivity index (χ1n) is 9.34. The minimum atomic E-state index is -0.109. The zero-order chi connectivity index (χ0) is 21.8. The van der Waals surface area contributed by atoms with Gasteiger partial charge in [0.2, 0.25) is 0 Å². The third kappa shape index (κ3) is 6.48. The van der Waals surface area contributed by atoms with Crippen LogP contribution in [-0.2, 0) is 70.2 Å². The molecule has 4 rings (SSSR count). The van der Waals surface area contributed by atoms with E-state index in [1.807, 2.05) is 31.2 Å². The Bertz CT molecular complexity index is 1300. The summed E-state index contributed by atoms with van der Waals surface area (Å²) in [5, 5.41) is 0.908. The van der Waals surface area contributed by atoms with E-state index in [9.17, 15) is 14.4 Å². The number of carbonyl (C=O) groups is 1. The Labute approximate surface area is 237 Å². The Morgan fingerprint density at radius 1 is 1.03 bits per heavy atom. The number of aryl methyl sites for hydroxylation is 1. The van der Waals surface area contributed by atoms with Crippen molar-refractivity contribution in [2.75, 3.05) is 0 Å². The van der Waals surface area contributed by atoms with Gasteiger partial charge in [-0.15, -0.1) is 5.56 Å². The van der Waals surface area contributed by atoms with Crippen LogP contribution in [0.2, 0.25) is 0 Å². The van der Waals surface area contributed by atoms with E-state index in [-0.39, 0.29) is 76.6 Å². The first kappa shape index (κ1) is 28.5. The molecule has 6 heteroatoms. The number of carbonyl (C=O) groups excluding carboxylic acids is 2. The van der Waals surface area contributed by atoms with Gasteiger partial charge in [0.25, 0.3) is 0 Å². The molecule has 1 aliphatic carbocycles. The predicted octanol–water partition coefficient (Wildman–Crippen LogP) is 5.54. The Kier molecular flexibility index (Phi) is 11.2. The Balaban J connectivity index is 0.000000664. The van der Waals surface area contributed by atoms with Crippen molar-refractivity contribution >= 4 is 23.0 Å². The molecule has 0 fully saturated rings. The minimum absolute atomic E-state index is 0. The van der Waals surface area contributed by atoms with E-state index in [0.717, 1.165) is 27.6 Å². The third-order valence-electron chi connectivity index (χ3n) is 4.54. The molecular formula is C26H20O4Y2-2. The zero-order valence-electron chi connectivity index (χ0n) is 18.2. The second kappa shape index (κ2) is 12.6. The maximum absolute atomic E-state index is 12.1. The van der Waals surface area contributed by atoms with Crippen molar-refractivity contribution in [3.63, 3.8) is 0 Å². The van der Waals surface area contributed by atoms with E-state index in [1.54, 1.807) is 38.3 Å². The molecule has 2 aliphatic rings. The molecule has 32 heavy (non-hydrogen) atoms. The van der Waals surface area contributed by atoms with Gasteiger partial charge < -0.3 is 14.0 Å². The molecule has 2 radical (unpaired) electrons. The number of fused-ring (bicyclic) bond motifs is 2. The Morgan fingerprint density at radius 2 is 1.72 bits per heavy atom. The molecule has 0 amide bonds. The van der Waals surface area contributed by atoms with E-state index in [1.165, 1.54) is 12.1 Å². The van der Waals surface area contributed by atoms with Gasteiger partial charge in [-0.05, 0) is 49.5 Å². The van der Waals surface area contributed by atoms with Crippen molar-refractivity contribution in [2.24, 2.45) is 0 Å². The topological polar surface area (TPSA) is 64.3 Å². The van der Waals surface area contributed by atoms with E-state index < -0.39 is 0 Å². The number of Topliss-reactive ketones (excluding diaryl/α,β-unsaturated/α-hetero) is 1. The fourth-order valence-corrected chi connectivity index (χ4v) is 3.21. The van der Waals surface area contributed by atoms with Gasteiger partial charge in [-0.2, -0.15) is 29.8 Å². The number of hydrogen-bond acceptors (Lipinski definition) is 4. The zero-order valence-corrected chi connectivity index (χ0v) is 23.9. The van der Waals surface area contributed by atoms with Crippen molar-refractivity contribution < 1.29 is 79.4 Å². The van der Waals surface area contributed by atoms with Gasteiger partial charge in [0.05, 0.1) is 0 Å². The normalized spacial score (nSPS) is 9.72. The van der Waals surface area contributed by atoms with E-state index in [0.29, 0.717) is 22.5 Å². The fraction of sp³-hybridized carbons (Fsp3) is 0.115. The Morgan fingerprint density at radius 3 is 2.34 bits per heavy atom. The summed E-state index contributed by atoms with van der Waals surface area (Å²) >= 11 is 0. The smallest absolute Gasteiger partial charge is 0.182 e. The fourth-order valence-electron chi connectivity index (χ4n) is 3.21. The van der Waals surface area contributed by atoms with Gasteiger partial charge in [0.1, 0.15) is 17.1 Å². The van der Waals surface area contributed by atoms with Crippen molar-refractivity contribution in [3.05, 3.63) is 94.2 Å². The number of hydrogen-bond donors (Lipinski definition) is 0. The maximum atomic E-state index is 12.1. The summed E-state index contributed by atoms with van der Waals surface area (Å²) in [6.45, 7) is 8.39. The summed E-state index contributed by atoms with van der Waals surface area (Å²) in [5.41, 5.74) is 5.22. The van der Waals surface area contributed by atoms with Crippen LogP contribution in [0.5, 0.6) is 0 Å². The van der Waals surface area contributed by atoms with Gasteiger partial charge >= 0.3 is 0 Å². The van der Waals surface area contributed by atoms with Gasteiger partial charge in [-0.3, -0.25) is 4.79 Å². The van der Waals surface area contributed by atoms with Crippen molar-refractivity contribution in [2.45, 2.75) is 20.8 Å². The molecule has 156 valence electrons. The summed E-state index contributed by atoms with van der Waals surface area (Å²) in [7, 11) is 0. The molecule has 0 bridgehead atoms. The molecule has 0 saturated heterocycles. The summed E-state index contributed by atoms with van der Waals surface area (Å²) in [6.07, 6.45) is 1.58. The van der Waals surface area contributed by atoms with E-state index in [4.69, 9.17) is 4.42 Å². The molecule has 0 spiro atoms. The van der Waals surface area contributed by atoms with Gasteiger partial charge in [-0.25, -0.2) is 6.58 Å². The molecule has 0 unspecified atom stereocenters. The van der Waals surface area contributed by atoms with Crippen LogP contribution >= 0.6 is 0 Å². The SMILES string of the molecule is C=C(C)[C-]=O.CC(=O)c1c[c-]ccc1-c1c2ccc(=O)cc-2oc2cc(C)ccc12.[Y].[Y]. The number of ketones is 1. The maximum Gasteiger partial charge on any atom is 0.182 e. The van der Waals surface area contributed by atoms with Crippen molar-refractivity contribution in [3.8, 4) is 22.5 Å². The van der Waals surface area contributed by atoms with Crippen LogP contribution in [0, 0.1) is 13.0 Å². The molecule has 1 heterocycles. The molecule has 0 atom stereocenters.